The van der Waals surface area contributed by atoms with Gasteiger partial charge in [0.25, 0.3) is 5.91 Å². The maximum atomic E-state index is 13.7. The van der Waals surface area contributed by atoms with E-state index in [1.807, 2.05) is 19.0 Å². The lowest BCUT2D eigenvalue weighted by Crippen LogP contribution is -2.36. The van der Waals surface area contributed by atoms with Gasteiger partial charge in [-0.25, -0.2) is 0 Å². The van der Waals surface area contributed by atoms with Gasteiger partial charge in [-0.2, -0.15) is 0 Å². The lowest BCUT2D eigenvalue weighted by molar-refractivity contribution is -0.149. The van der Waals surface area contributed by atoms with E-state index in [4.69, 9.17) is 9.47 Å². The molecule has 376 valence electrons. The summed E-state index contributed by atoms with van der Waals surface area (Å²) in [5.41, 5.74) is 1.73. The maximum Gasteiger partial charge on any atom is 0.308 e. The number of hydrogen-bond donors (Lipinski definition) is 1. The van der Waals surface area contributed by atoms with Crippen LogP contribution in [0.1, 0.15) is 247 Å². The van der Waals surface area contributed by atoms with Crippen LogP contribution in [-0.4, -0.2) is 86.3 Å². The van der Waals surface area contributed by atoms with Gasteiger partial charge in [0.1, 0.15) is 5.78 Å². The number of esters is 2. The highest BCUT2D eigenvalue weighted by atomic mass is 32.1. The Hall–Kier alpha value is -2.79. The van der Waals surface area contributed by atoms with Crippen LogP contribution in [0.2, 0.25) is 0 Å². The minimum Gasteiger partial charge on any atom is -0.466 e. The normalized spacial score (nSPS) is 12.9. The fourth-order valence-corrected chi connectivity index (χ4v) is 10.2. The van der Waals surface area contributed by atoms with Gasteiger partial charge in [0.2, 0.25) is 5.91 Å². The van der Waals surface area contributed by atoms with Crippen LogP contribution in [0.3, 0.4) is 0 Å². The SMILES string of the molecule is CCCCCCCCCCCOC(=O)CCCCC(=O)CCc1sc2c(c1C(=O)NCCCN(C)C)CCN(C(=O)CCCCCOC(=O)C(CCCCCC)CCCCCCCC)C2.[HH]. The van der Waals surface area contributed by atoms with Gasteiger partial charge in [-0.1, -0.05) is 136 Å². The number of ether oxygens (including phenoxy) is 2. The number of Topliss-reactive ketones (excluding diaryl/α,β-unsaturated/α-hetero) is 1. The molecule has 0 radical (unpaired) electrons. The summed E-state index contributed by atoms with van der Waals surface area (Å²) in [6.07, 6.45) is 32.0. The fraction of sp³-hybridized carbons (Fsp3) is 0.833. The number of aryl methyl sites for hydroxylation is 1. The number of carbonyl (C=O) groups is 5. The third kappa shape index (κ3) is 27.6. The summed E-state index contributed by atoms with van der Waals surface area (Å²) in [7, 11) is 4.04. The standard InChI is InChI=1S/C54H95N3O7S.H2/c1-6-9-12-15-17-18-19-21-28-42-63-51(60)35-27-26-33-46(58)36-37-48-52(53(61)55-39-30-40-56(4)5)47-38-41-57(44-49(47)65-48)50(59)34-25-22-29-43-64-54(62)45(31-23-14-11-8-3)32-24-20-16-13-10-7-2;/h45H,6-44H2,1-5H3,(H,55,61);1H. The zero-order valence-electron chi connectivity index (χ0n) is 42.3. The van der Waals surface area contributed by atoms with E-state index < -0.39 is 0 Å². The van der Waals surface area contributed by atoms with Crippen molar-refractivity contribution in [2.24, 2.45) is 5.92 Å². The molecular weight excluding hydrogens is 835 g/mol. The van der Waals surface area contributed by atoms with Crippen molar-refractivity contribution < 1.29 is 34.9 Å². The van der Waals surface area contributed by atoms with E-state index in [1.165, 1.54) is 96.3 Å². The molecule has 2 rings (SSSR count). The van der Waals surface area contributed by atoms with E-state index in [-0.39, 0.29) is 36.9 Å². The fourth-order valence-electron chi connectivity index (χ4n) is 8.81. The maximum absolute atomic E-state index is 13.7. The van der Waals surface area contributed by atoms with Crippen LogP contribution >= 0.6 is 11.3 Å². The molecule has 0 bridgehead atoms. The molecule has 1 aromatic heterocycles. The van der Waals surface area contributed by atoms with Crippen molar-refractivity contribution >= 4 is 40.9 Å². The van der Waals surface area contributed by atoms with Crippen LogP contribution < -0.4 is 5.32 Å². The van der Waals surface area contributed by atoms with Crippen molar-refractivity contribution in [2.45, 2.75) is 239 Å². The first-order valence-electron chi connectivity index (χ1n) is 26.8. The number of amides is 2. The molecule has 65 heavy (non-hydrogen) atoms. The topological polar surface area (TPSA) is 122 Å². The summed E-state index contributed by atoms with van der Waals surface area (Å²) in [5.74, 6) is -0.0441. The Labute approximate surface area is 402 Å². The third-order valence-corrected chi connectivity index (χ3v) is 14.2. The highest BCUT2D eigenvalue weighted by Crippen LogP contribution is 2.35. The molecule has 2 amide bonds. The molecule has 0 saturated carbocycles. The van der Waals surface area contributed by atoms with Crippen molar-refractivity contribution in [1.29, 1.82) is 0 Å². The van der Waals surface area contributed by atoms with Crippen molar-refractivity contribution in [3.8, 4) is 0 Å². The summed E-state index contributed by atoms with van der Waals surface area (Å²) in [4.78, 5) is 71.4. The molecule has 0 spiro atoms. The molecule has 11 heteroatoms. The average Bonchev–Trinajstić information content (AvgIpc) is 3.67. The van der Waals surface area contributed by atoms with Gasteiger partial charge < -0.3 is 24.6 Å². The smallest absolute Gasteiger partial charge is 0.308 e. The first-order chi connectivity index (χ1) is 31.6. The number of rotatable bonds is 42. The van der Waals surface area contributed by atoms with E-state index >= 15 is 0 Å². The van der Waals surface area contributed by atoms with Gasteiger partial charge in [-0.15, -0.1) is 11.3 Å². The lowest BCUT2D eigenvalue weighted by atomic mass is 9.94. The summed E-state index contributed by atoms with van der Waals surface area (Å²) in [5, 5.41) is 3.13. The number of ketones is 1. The molecule has 0 aromatic carbocycles. The Morgan fingerprint density at radius 1 is 0.646 bits per heavy atom. The van der Waals surface area contributed by atoms with E-state index in [9.17, 15) is 24.0 Å². The molecule has 1 N–H and O–H groups in total. The summed E-state index contributed by atoms with van der Waals surface area (Å²) in [6.45, 7) is 10.1. The largest absolute Gasteiger partial charge is 0.466 e. The summed E-state index contributed by atoms with van der Waals surface area (Å²) in [6, 6.07) is 0. The number of hydrogen-bond acceptors (Lipinski definition) is 9. The van der Waals surface area contributed by atoms with Gasteiger partial charge in [0, 0.05) is 50.0 Å². The van der Waals surface area contributed by atoms with Gasteiger partial charge in [0.05, 0.1) is 31.2 Å². The third-order valence-electron chi connectivity index (χ3n) is 12.9. The Morgan fingerprint density at radius 3 is 1.82 bits per heavy atom. The molecular formula is C54H97N3O7S. The van der Waals surface area contributed by atoms with Crippen LogP contribution in [0.15, 0.2) is 0 Å². The Kier molecular flexibility index (Phi) is 34.3. The molecule has 2 heterocycles. The highest BCUT2D eigenvalue weighted by Gasteiger charge is 2.29. The van der Waals surface area contributed by atoms with Crippen LogP contribution in [0.25, 0.3) is 0 Å². The lowest BCUT2D eigenvalue weighted by Gasteiger charge is -2.27. The Balaban J connectivity index is 0.0000218. The van der Waals surface area contributed by atoms with Crippen molar-refractivity contribution in [3.63, 3.8) is 0 Å². The first-order valence-corrected chi connectivity index (χ1v) is 27.6. The minimum absolute atomic E-state index is 0. The highest BCUT2D eigenvalue weighted by molar-refractivity contribution is 7.12. The molecule has 0 fully saturated rings. The molecule has 1 atom stereocenters. The predicted molar refractivity (Wildman–Crippen MR) is 271 cm³/mol. The van der Waals surface area contributed by atoms with Crippen LogP contribution in [0.4, 0.5) is 0 Å². The quantitative estimate of drug-likeness (QED) is 0.0508. The van der Waals surface area contributed by atoms with Crippen molar-refractivity contribution in [3.05, 3.63) is 20.9 Å². The second-order valence-electron chi connectivity index (χ2n) is 19.2. The number of nitrogens with zero attached hydrogens (tertiary/aromatic N) is 2. The van der Waals surface area contributed by atoms with Gasteiger partial charge in [-0.05, 0) is 96.8 Å². The summed E-state index contributed by atoms with van der Waals surface area (Å²) < 4.78 is 11.2. The Morgan fingerprint density at radius 2 is 1.18 bits per heavy atom. The zero-order valence-corrected chi connectivity index (χ0v) is 43.1. The van der Waals surface area contributed by atoms with Crippen molar-refractivity contribution in [2.75, 3.05) is 46.9 Å². The molecule has 1 aromatic rings. The van der Waals surface area contributed by atoms with E-state index in [1.54, 1.807) is 11.3 Å². The molecule has 10 nitrogen and oxygen atoms in total. The number of thiophene rings is 1. The Bertz CT molecular complexity index is 1450. The zero-order chi connectivity index (χ0) is 47.3. The van der Waals surface area contributed by atoms with Gasteiger partial charge in [-0.3, -0.25) is 24.0 Å². The molecule has 1 aliphatic heterocycles. The van der Waals surface area contributed by atoms with E-state index in [2.05, 4.69) is 31.0 Å². The van der Waals surface area contributed by atoms with Gasteiger partial charge in [0.15, 0.2) is 0 Å². The number of nitrogens with one attached hydrogen (secondary N) is 1. The van der Waals surface area contributed by atoms with Gasteiger partial charge >= 0.3 is 11.9 Å². The number of fused-ring (bicyclic) bond motifs is 1. The first kappa shape index (κ1) is 58.3. The number of unbranched alkanes of at least 4 members (excludes halogenated alkanes) is 19. The van der Waals surface area contributed by atoms with Crippen LogP contribution in [0.5, 0.6) is 0 Å². The van der Waals surface area contributed by atoms with E-state index in [0.717, 1.165) is 86.1 Å². The monoisotopic (exact) mass is 932 g/mol. The van der Waals surface area contributed by atoms with Crippen molar-refractivity contribution in [1.82, 2.24) is 15.1 Å². The second-order valence-corrected chi connectivity index (χ2v) is 20.3. The number of carbonyl (C=O) groups excluding carboxylic acids is 5. The second kappa shape index (κ2) is 38.2. The minimum atomic E-state index is -0.178. The molecule has 1 aliphatic rings. The van der Waals surface area contributed by atoms with E-state index in [0.29, 0.717) is 89.8 Å². The average molecular weight is 932 g/mol. The molecule has 0 aliphatic carbocycles. The molecule has 0 saturated heterocycles. The van der Waals surface area contributed by atoms with Crippen LogP contribution in [0, 0.1) is 5.92 Å². The summed E-state index contributed by atoms with van der Waals surface area (Å²) >= 11 is 1.58. The predicted octanol–water partition coefficient (Wildman–Crippen LogP) is 13.1. The molecule has 1 unspecified atom stereocenters. The van der Waals surface area contributed by atoms with Crippen LogP contribution in [-0.2, 0) is 48.0 Å².